The Hall–Kier alpha value is -0.0800. The Morgan fingerprint density at radius 3 is 2.36 bits per heavy atom. The van der Waals surface area contributed by atoms with Crippen LogP contribution in [0.2, 0.25) is 0 Å². The van der Waals surface area contributed by atoms with Crippen molar-refractivity contribution in [1.82, 2.24) is 4.90 Å². The Labute approximate surface area is 69.5 Å². The second-order valence-electron chi connectivity index (χ2n) is 3.06. The van der Waals surface area contributed by atoms with Crippen LogP contribution < -0.4 is 0 Å². The van der Waals surface area contributed by atoms with Gasteiger partial charge in [0.1, 0.15) is 6.23 Å². The van der Waals surface area contributed by atoms with E-state index in [-0.39, 0.29) is 0 Å². The maximum absolute atomic E-state index is 5.60. The van der Waals surface area contributed by atoms with Crippen LogP contribution in [0.4, 0.5) is 0 Å². The van der Waals surface area contributed by atoms with E-state index in [0.29, 0.717) is 6.23 Å². The maximum atomic E-state index is 5.60. The summed E-state index contributed by atoms with van der Waals surface area (Å²) in [5, 5.41) is 0. The first-order valence-electron chi connectivity index (χ1n) is 4.74. The lowest BCUT2D eigenvalue weighted by Crippen LogP contribution is -2.34. The zero-order chi connectivity index (χ0) is 8.10. The lowest BCUT2D eigenvalue weighted by atomic mass is 10.4. The van der Waals surface area contributed by atoms with Crippen LogP contribution in [-0.4, -0.2) is 30.8 Å². The molecule has 2 heteroatoms. The molecule has 0 bridgehead atoms. The van der Waals surface area contributed by atoms with Crippen LogP contribution in [0.15, 0.2) is 0 Å². The van der Waals surface area contributed by atoms with Crippen LogP contribution in [-0.2, 0) is 4.74 Å². The summed E-state index contributed by atoms with van der Waals surface area (Å²) in [5.41, 5.74) is 0. The fourth-order valence-electron chi connectivity index (χ4n) is 1.70. The molecule has 0 aliphatic carbocycles. The molecule has 1 rings (SSSR count). The van der Waals surface area contributed by atoms with Gasteiger partial charge >= 0.3 is 0 Å². The van der Waals surface area contributed by atoms with E-state index in [0.717, 1.165) is 13.0 Å². The van der Waals surface area contributed by atoms with Crippen molar-refractivity contribution < 1.29 is 4.74 Å². The monoisotopic (exact) mass is 157 g/mol. The van der Waals surface area contributed by atoms with Gasteiger partial charge in [0, 0.05) is 19.7 Å². The zero-order valence-electron chi connectivity index (χ0n) is 7.68. The molecule has 0 aromatic carbocycles. The third-order valence-electron chi connectivity index (χ3n) is 2.26. The summed E-state index contributed by atoms with van der Waals surface area (Å²) in [6.45, 7) is 7.57. The predicted molar refractivity (Wildman–Crippen MR) is 46.5 cm³/mol. The largest absolute Gasteiger partial charge is 0.363 e. The standard InChI is InChI=1S/C9H19NO/c1-3-9(11-4-2)10-7-5-6-8-10/h9H,3-8H2,1-2H3. The highest BCUT2D eigenvalue weighted by Gasteiger charge is 2.19. The number of rotatable bonds is 4. The topological polar surface area (TPSA) is 12.5 Å². The van der Waals surface area contributed by atoms with Crippen molar-refractivity contribution in [2.24, 2.45) is 0 Å². The lowest BCUT2D eigenvalue weighted by molar-refractivity contribution is -0.0453. The maximum Gasteiger partial charge on any atom is 0.110 e. The molecular weight excluding hydrogens is 138 g/mol. The van der Waals surface area contributed by atoms with Gasteiger partial charge in [0.15, 0.2) is 0 Å². The quantitative estimate of drug-likeness (QED) is 0.617. The Balaban J connectivity index is 2.27. The van der Waals surface area contributed by atoms with Gasteiger partial charge in [-0.05, 0) is 26.2 Å². The second-order valence-corrected chi connectivity index (χ2v) is 3.06. The second kappa shape index (κ2) is 4.73. The summed E-state index contributed by atoms with van der Waals surface area (Å²) in [7, 11) is 0. The first kappa shape index (κ1) is 9.01. The van der Waals surface area contributed by atoms with Crippen LogP contribution >= 0.6 is 0 Å². The van der Waals surface area contributed by atoms with Crippen molar-refractivity contribution in [2.45, 2.75) is 39.3 Å². The fourth-order valence-corrected chi connectivity index (χ4v) is 1.70. The van der Waals surface area contributed by atoms with E-state index in [1.807, 2.05) is 0 Å². The van der Waals surface area contributed by atoms with Gasteiger partial charge in [-0.15, -0.1) is 0 Å². The molecule has 0 spiro atoms. The average Bonchev–Trinajstić information content (AvgIpc) is 2.52. The molecule has 1 aliphatic heterocycles. The highest BCUT2D eigenvalue weighted by Crippen LogP contribution is 2.14. The first-order valence-corrected chi connectivity index (χ1v) is 4.74. The van der Waals surface area contributed by atoms with Gasteiger partial charge in [0.2, 0.25) is 0 Å². The van der Waals surface area contributed by atoms with Crippen LogP contribution in [0.25, 0.3) is 0 Å². The minimum atomic E-state index is 0.391. The van der Waals surface area contributed by atoms with E-state index in [9.17, 15) is 0 Å². The molecule has 1 fully saturated rings. The van der Waals surface area contributed by atoms with Gasteiger partial charge in [-0.1, -0.05) is 6.92 Å². The number of hydrogen-bond acceptors (Lipinski definition) is 2. The van der Waals surface area contributed by atoms with E-state index >= 15 is 0 Å². The SMILES string of the molecule is CCOC(CC)N1CCCC1. The van der Waals surface area contributed by atoms with E-state index in [4.69, 9.17) is 4.74 Å². The predicted octanol–water partition coefficient (Wildman–Crippen LogP) is 1.85. The molecule has 0 saturated carbocycles. The van der Waals surface area contributed by atoms with Crippen LogP contribution in [0.5, 0.6) is 0 Å². The van der Waals surface area contributed by atoms with E-state index in [1.165, 1.54) is 25.9 Å². The molecule has 0 radical (unpaired) electrons. The normalized spacial score (nSPS) is 22.4. The van der Waals surface area contributed by atoms with Crippen molar-refractivity contribution in [3.05, 3.63) is 0 Å². The van der Waals surface area contributed by atoms with Crippen molar-refractivity contribution in [3.63, 3.8) is 0 Å². The molecule has 11 heavy (non-hydrogen) atoms. The molecule has 66 valence electrons. The van der Waals surface area contributed by atoms with Gasteiger partial charge in [-0.3, -0.25) is 4.90 Å². The molecule has 1 heterocycles. The Morgan fingerprint density at radius 2 is 1.91 bits per heavy atom. The van der Waals surface area contributed by atoms with Crippen molar-refractivity contribution in [3.8, 4) is 0 Å². The summed E-state index contributed by atoms with van der Waals surface area (Å²) < 4.78 is 5.60. The van der Waals surface area contributed by atoms with Crippen LogP contribution in [0.1, 0.15) is 33.1 Å². The average molecular weight is 157 g/mol. The lowest BCUT2D eigenvalue weighted by Gasteiger charge is -2.25. The highest BCUT2D eigenvalue weighted by molar-refractivity contribution is 4.68. The van der Waals surface area contributed by atoms with Crippen molar-refractivity contribution in [1.29, 1.82) is 0 Å². The summed E-state index contributed by atoms with van der Waals surface area (Å²) in [4.78, 5) is 2.45. The van der Waals surface area contributed by atoms with Gasteiger partial charge in [0.05, 0.1) is 0 Å². The highest BCUT2D eigenvalue weighted by atomic mass is 16.5. The smallest absolute Gasteiger partial charge is 0.110 e. The minimum absolute atomic E-state index is 0.391. The number of likely N-dealkylation sites (tertiary alicyclic amines) is 1. The Kier molecular flexibility index (Phi) is 3.87. The molecule has 0 N–H and O–H groups in total. The van der Waals surface area contributed by atoms with Crippen molar-refractivity contribution >= 4 is 0 Å². The van der Waals surface area contributed by atoms with Crippen LogP contribution in [0.3, 0.4) is 0 Å². The molecule has 0 aromatic rings. The summed E-state index contributed by atoms with van der Waals surface area (Å²) in [6, 6.07) is 0. The van der Waals surface area contributed by atoms with Gasteiger partial charge in [0.25, 0.3) is 0 Å². The Morgan fingerprint density at radius 1 is 1.27 bits per heavy atom. The molecule has 0 aromatic heterocycles. The molecular formula is C9H19NO. The van der Waals surface area contributed by atoms with Gasteiger partial charge in [-0.2, -0.15) is 0 Å². The number of hydrogen-bond donors (Lipinski definition) is 0. The summed E-state index contributed by atoms with van der Waals surface area (Å²) >= 11 is 0. The third-order valence-corrected chi connectivity index (χ3v) is 2.26. The molecule has 0 amide bonds. The van der Waals surface area contributed by atoms with E-state index in [1.54, 1.807) is 0 Å². The molecule has 1 unspecified atom stereocenters. The summed E-state index contributed by atoms with van der Waals surface area (Å²) in [5.74, 6) is 0. The zero-order valence-corrected chi connectivity index (χ0v) is 7.68. The molecule has 1 aliphatic rings. The van der Waals surface area contributed by atoms with E-state index in [2.05, 4.69) is 18.7 Å². The third kappa shape index (κ3) is 2.46. The fraction of sp³-hybridized carbons (Fsp3) is 1.00. The van der Waals surface area contributed by atoms with Gasteiger partial charge in [-0.25, -0.2) is 0 Å². The molecule has 2 nitrogen and oxygen atoms in total. The minimum Gasteiger partial charge on any atom is -0.363 e. The van der Waals surface area contributed by atoms with E-state index < -0.39 is 0 Å². The first-order chi connectivity index (χ1) is 5.38. The Bertz CT molecular complexity index is 99.7. The molecule has 1 saturated heterocycles. The van der Waals surface area contributed by atoms with Crippen LogP contribution in [0, 0.1) is 0 Å². The number of ether oxygens (including phenoxy) is 1. The van der Waals surface area contributed by atoms with Crippen molar-refractivity contribution in [2.75, 3.05) is 19.7 Å². The molecule has 1 atom stereocenters. The van der Waals surface area contributed by atoms with Gasteiger partial charge < -0.3 is 4.74 Å². The summed E-state index contributed by atoms with van der Waals surface area (Å²) in [6.07, 6.45) is 4.21. The number of nitrogens with zero attached hydrogens (tertiary/aromatic N) is 1.